The average Bonchev–Trinajstić information content (AvgIpc) is 3.01. The number of hydrogen-bond donors (Lipinski definition) is 1. The van der Waals surface area contributed by atoms with E-state index in [4.69, 9.17) is 9.15 Å². The van der Waals surface area contributed by atoms with Gasteiger partial charge in [-0.05, 0) is 62.1 Å². The molecule has 0 aliphatic rings. The lowest BCUT2D eigenvalue weighted by Crippen LogP contribution is -2.82. The van der Waals surface area contributed by atoms with Crippen molar-refractivity contribution in [1.29, 1.82) is 0 Å². The molecule has 0 aliphatic carbocycles. The number of unbranched alkanes of at least 4 members (excludes halogenated alkanes) is 3. The first-order valence-electron chi connectivity index (χ1n) is 7.57. The fourth-order valence-electron chi connectivity index (χ4n) is 2.14. The van der Waals surface area contributed by atoms with E-state index in [1.807, 2.05) is 12.1 Å². The predicted molar refractivity (Wildman–Crippen MR) is 79.6 cm³/mol. The van der Waals surface area contributed by atoms with E-state index in [-0.39, 0.29) is 5.82 Å². The zero-order valence-electron chi connectivity index (χ0n) is 12.3. The van der Waals surface area contributed by atoms with Gasteiger partial charge in [-0.1, -0.05) is 0 Å². The van der Waals surface area contributed by atoms with Crippen molar-refractivity contribution >= 4 is 0 Å². The number of ether oxygens (including phenoxy) is 1. The van der Waals surface area contributed by atoms with E-state index in [9.17, 15) is 4.39 Å². The molecule has 0 amide bonds. The lowest BCUT2D eigenvalue weighted by atomic mass is 10.2. The van der Waals surface area contributed by atoms with Crippen molar-refractivity contribution in [3.05, 3.63) is 54.2 Å². The van der Waals surface area contributed by atoms with Crippen LogP contribution in [0.5, 0.6) is 5.75 Å². The average molecular weight is 292 g/mol. The Morgan fingerprint density at radius 3 is 2.57 bits per heavy atom. The molecule has 0 radical (unpaired) electrons. The summed E-state index contributed by atoms with van der Waals surface area (Å²) >= 11 is 0. The molecule has 0 saturated heterocycles. The van der Waals surface area contributed by atoms with Gasteiger partial charge in [0.2, 0.25) is 0 Å². The van der Waals surface area contributed by atoms with Crippen LogP contribution in [-0.2, 0) is 6.54 Å². The van der Waals surface area contributed by atoms with E-state index in [2.05, 4.69) is 5.32 Å². The van der Waals surface area contributed by atoms with Crippen LogP contribution in [0.25, 0.3) is 0 Å². The molecule has 2 N–H and O–H groups in total. The third kappa shape index (κ3) is 6.45. The minimum atomic E-state index is -0.229. The molecule has 1 aromatic carbocycles. The van der Waals surface area contributed by atoms with Crippen molar-refractivity contribution in [2.24, 2.45) is 0 Å². The van der Waals surface area contributed by atoms with Gasteiger partial charge in [0, 0.05) is 0 Å². The van der Waals surface area contributed by atoms with Crippen LogP contribution in [-0.4, -0.2) is 13.2 Å². The normalized spacial score (nSPS) is 10.7. The Morgan fingerprint density at radius 1 is 1.00 bits per heavy atom. The number of benzene rings is 1. The second-order valence-corrected chi connectivity index (χ2v) is 5.08. The van der Waals surface area contributed by atoms with E-state index >= 15 is 0 Å². The van der Waals surface area contributed by atoms with E-state index in [1.54, 1.807) is 18.4 Å². The molecular formula is C17H23FNO2+. The minimum absolute atomic E-state index is 0.229. The van der Waals surface area contributed by atoms with Gasteiger partial charge in [-0.3, -0.25) is 0 Å². The number of quaternary nitrogens is 1. The highest BCUT2D eigenvalue weighted by Gasteiger charge is 1.98. The molecule has 4 heteroatoms. The number of hydrogen-bond acceptors (Lipinski definition) is 2. The van der Waals surface area contributed by atoms with Gasteiger partial charge < -0.3 is 14.5 Å². The fourth-order valence-corrected chi connectivity index (χ4v) is 2.14. The zero-order chi connectivity index (χ0) is 14.8. The molecule has 1 heterocycles. The highest BCUT2D eigenvalue weighted by Crippen LogP contribution is 2.11. The Hall–Kier alpha value is -1.81. The van der Waals surface area contributed by atoms with Gasteiger partial charge >= 0.3 is 0 Å². The Bertz CT molecular complexity index is 482. The lowest BCUT2D eigenvalue weighted by molar-refractivity contribution is -0.672. The quantitative estimate of drug-likeness (QED) is 0.683. The fraction of sp³-hybridized carbons (Fsp3) is 0.412. The Balaban J connectivity index is 1.41. The molecule has 0 unspecified atom stereocenters. The van der Waals surface area contributed by atoms with Crippen LogP contribution in [0, 0.1) is 5.82 Å². The molecule has 2 rings (SSSR count). The standard InChI is InChI=1S/C17H22FNO2/c18-15-7-9-16(10-8-15)20-12-4-2-1-3-11-19-14-17-6-5-13-21-17/h5-10,13,19H,1-4,11-12,14H2/p+1. The van der Waals surface area contributed by atoms with Crippen LogP contribution in [0.4, 0.5) is 4.39 Å². The van der Waals surface area contributed by atoms with Crippen LogP contribution in [0.2, 0.25) is 0 Å². The first-order valence-corrected chi connectivity index (χ1v) is 7.57. The summed E-state index contributed by atoms with van der Waals surface area (Å²) < 4.78 is 23.5. The highest BCUT2D eigenvalue weighted by atomic mass is 19.1. The monoisotopic (exact) mass is 292 g/mol. The zero-order valence-corrected chi connectivity index (χ0v) is 12.3. The molecule has 2 aromatic rings. The minimum Gasteiger partial charge on any atom is -0.494 e. The smallest absolute Gasteiger partial charge is 0.157 e. The molecule has 3 nitrogen and oxygen atoms in total. The van der Waals surface area contributed by atoms with Gasteiger partial charge in [-0.15, -0.1) is 0 Å². The van der Waals surface area contributed by atoms with E-state index < -0.39 is 0 Å². The van der Waals surface area contributed by atoms with Gasteiger partial charge in [0.05, 0.1) is 19.4 Å². The maximum Gasteiger partial charge on any atom is 0.157 e. The Morgan fingerprint density at radius 2 is 1.81 bits per heavy atom. The molecular weight excluding hydrogens is 269 g/mol. The van der Waals surface area contributed by atoms with Crippen LogP contribution < -0.4 is 10.1 Å². The predicted octanol–water partition coefficient (Wildman–Crippen LogP) is 3.12. The molecule has 114 valence electrons. The van der Waals surface area contributed by atoms with Crippen LogP contribution in [0.1, 0.15) is 31.4 Å². The van der Waals surface area contributed by atoms with Crippen molar-refractivity contribution < 1.29 is 18.9 Å². The van der Waals surface area contributed by atoms with E-state index in [0.29, 0.717) is 6.61 Å². The topological polar surface area (TPSA) is 39.0 Å². The first-order chi connectivity index (χ1) is 10.3. The van der Waals surface area contributed by atoms with Gasteiger partial charge in [-0.25, -0.2) is 4.39 Å². The molecule has 0 fully saturated rings. The number of nitrogens with two attached hydrogens (primary N) is 1. The highest BCUT2D eigenvalue weighted by molar-refractivity contribution is 5.21. The number of furan rings is 1. The number of rotatable bonds is 10. The SMILES string of the molecule is Fc1ccc(OCCCCCC[NH2+]Cc2ccco2)cc1. The molecule has 0 spiro atoms. The lowest BCUT2D eigenvalue weighted by Gasteiger charge is -2.05. The van der Waals surface area contributed by atoms with Crippen LogP contribution in [0.15, 0.2) is 47.1 Å². The summed E-state index contributed by atoms with van der Waals surface area (Å²) in [6.07, 6.45) is 6.33. The molecule has 1 aromatic heterocycles. The van der Waals surface area contributed by atoms with Gasteiger partial charge in [0.1, 0.15) is 18.1 Å². The van der Waals surface area contributed by atoms with E-state index in [1.165, 1.54) is 25.0 Å². The maximum absolute atomic E-state index is 12.7. The van der Waals surface area contributed by atoms with Crippen molar-refractivity contribution in [1.82, 2.24) is 0 Å². The molecule has 0 atom stereocenters. The summed E-state index contributed by atoms with van der Waals surface area (Å²) in [5, 5.41) is 2.27. The second-order valence-electron chi connectivity index (χ2n) is 5.08. The summed E-state index contributed by atoms with van der Waals surface area (Å²) in [6, 6.07) is 10.1. The largest absolute Gasteiger partial charge is 0.494 e. The van der Waals surface area contributed by atoms with Crippen molar-refractivity contribution in [3.63, 3.8) is 0 Å². The van der Waals surface area contributed by atoms with Gasteiger partial charge in [0.15, 0.2) is 5.76 Å². The van der Waals surface area contributed by atoms with Crippen LogP contribution in [0.3, 0.4) is 0 Å². The summed E-state index contributed by atoms with van der Waals surface area (Å²) in [4.78, 5) is 0. The second kappa shape index (κ2) is 9.19. The van der Waals surface area contributed by atoms with Crippen molar-refractivity contribution in [2.45, 2.75) is 32.2 Å². The van der Waals surface area contributed by atoms with E-state index in [0.717, 1.165) is 37.4 Å². The van der Waals surface area contributed by atoms with Gasteiger partial charge in [0.25, 0.3) is 0 Å². The molecule has 0 saturated carbocycles. The maximum atomic E-state index is 12.7. The van der Waals surface area contributed by atoms with Crippen molar-refractivity contribution in [2.75, 3.05) is 13.2 Å². The first kappa shape index (κ1) is 15.6. The summed E-state index contributed by atoms with van der Waals surface area (Å²) in [6.45, 7) is 2.74. The third-order valence-electron chi connectivity index (χ3n) is 3.31. The summed E-state index contributed by atoms with van der Waals surface area (Å²) in [5.41, 5.74) is 0. The molecule has 0 aliphatic heterocycles. The number of halogens is 1. The third-order valence-corrected chi connectivity index (χ3v) is 3.31. The summed E-state index contributed by atoms with van der Waals surface area (Å²) in [5.74, 6) is 1.54. The molecule has 0 bridgehead atoms. The summed E-state index contributed by atoms with van der Waals surface area (Å²) in [7, 11) is 0. The van der Waals surface area contributed by atoms with Gasteiger partial charge in [-0.2, -0.15) is 0 Å². The van der Waals surface area contributed by atoms with Crippen LogP contribution >= 0.6 is 0 Å². The Kier molecular flexibility index (Phi) is 6.81. The molecule has 21 heavy (non-hydrogen) atoms. The van der Waals surface area contributed by atoms with Crippen molar-refractivity contribution in [3.8, 4) is 5.75 Å². The Labute approximate surface area is 125 Å².